The second-order valence-electron chi connectivity index (χ2n) is 5.07. The number of rotatable bonds is 4. The molecule has 1 aromatic heterocycles. The van der Waals surface area contributed by atoms with Gasteiger partial charge in [0.1, 0.15) is 0 Å². The van der Waals surface area contributed by atoms with Crippen molar-refractivity contribution >= 4 is 11.3 Å². The maximum Gasteiger partial charge on any atom is 0.0990 e. The van der Waals surface area contributed by atoms with Gasteiger partial charge in [0.15, 0.2) is 0 Å². The van der Waals surface area contributed by atoms with Crippen LogP contribution in [-0.4, -0.2) is 12.0 Å². The summed E-state index contributed by atoms with van der Waals surface area (Å²) in [5.74, 6) is 0.542. The molecule has 0 unspecified atom stereocenters. The highest BCUT2D eigenvalue weighted by Crippen LogP contribution is 2.49. The molecule has 84 valence electrons. The van der Waals surface area contributed by atoms with Crippen LogP contribution in [-0.2, 0) is 12.0 Å². The molecule has 0 aliphatic heterocycles. The van der Waals surface area contributed by atoms with E-state index in [0.717, 1.165) is 6.54 Å². The first kappa shape index (κ1) is 11.1. The fourth-order valence-electron chi connectivity index (χ4n) is 1.76. The van der Waals surface area contributed by atoms with Gasteiger partial charge in [0, 0.05) is 16.8 Å². The van der Waals surface area contributed by atoms with Crippen molar-refractivity contribution < 1.29 is 0 Å². The van der Waals surface area contributed by atoms with E-state index in [1.807, 2.05) is 18.4 Å². The summed E-state index contributed by atoms with van der Waals surface area (Å²) in [5, 5.41) is 4.59. The van der Waals surface area contributed by atoms with E-state index in [1.165, 1.54) is 28.4 Å². The highest BCUT2D eigenvalue weighted by molar-refractivity contribution is 7.12. The molecule has 1 aromatic rings. The molecule has 15 heavy (non-hydrogen) atoms. The Morgan fingerprint density at radius 2 is 2.13 bits per heavy atom. The van der Waals surface area contributed by atoms with E-state index < -0.39 is 0 Å². The number of aromatic nitrogens is 1. The third kappa shape index (κ3) is 2.08. The summed E-state index contributed by atoms with van der Waals surface area (Å²) in [6.07, 6.45) is 2.63. The molecule has 0 aromatic carbocycles. The van der Waals surface area contributed by atoms with Crippen molar-refractivity contribution in [2.45, 2.75) is 51.5 Å². The lowest BCUT2D eigenvalue weighted by Crippen LogP contribution is -2.06. The zero-order chi connectivity index (χ0) is 11.1. The van der Waals surface area contributed by atoms with Gasteiger partial charge in [0.25, 0.3) is 0 Å². The van der Waals surface area contributed by atoms with Crippen LogP contribution in [0.1, 0.15) is 55.1 Å². The SMILES string of the molecule is CNCc1sc(C2(C)CC2)nc1C(C)C. The molecule has 1 heterocycles. The minimum atomic E-state index is 0.417. The summed E-state index contributed by atoms with van der Waals surface area (Å²) in [7, 11) is 2.00. The molecule has 0 amide bonds. The molecular weight excluding hydrogens is 204 g/mol. The lowest BCUT2D eigenvalue weighted by molar-refractivity contribution is 0.736. The van der Waals surface area contributed by atoms with Gasteiger partial charge in [0.2, 0.25) is 0 Å². The van der Waals surface area contributed by atoms with E-state index in [0.29, 0.717) is 11.3 Å². The van der Waals surface area contributed by atoms with Crippen LogP contribution in [0.25, 0.3) is 0 Å². The van der Waals surface area contributed by atoms with Gasteiger partial charge in [0.05, 0.1) is 10.7 Å². The molecule has 1 N–H and O–H groups in total. The van der Waals surface area contributed by atoms with Crippen LogP contribution < -0.4 is 5.32 Å². The van der Waals surface area contributed by atoms with Gasteiger partial charge in [-0.1, -0.05) is 20.8 Å². The second-order valence-corrected chi connectivity index (χ2v) is 6.16. The lowest BCUT2D eigenvalue weighted by atomic mass is 10.1. The van der Waals surface area contributed by atoms with Gasteiger partial charge >= 0.3 is 0 Å². The van der Waals surface area contributed by atoms with Gasteiger partial charge in [-0.15, -0.1) is 11.3 Å². The largest absolute Gasteiger partial charge is 0.315 e. The first-order valence-corrected chi connectivity index (χ1v) is 6.53. The van der Waals surface area contributed by atoms with Gasteiger partial charge in [-0.25, -0.2) is 4.98 Å². The number of hydrogen-bond acceptors (Lipinski definition) is 3. The maximum atomic E-state index is 4.84. The van der Waals surface area contributed by atoms with E-state index in [2.05, 4.69) is 26.1 Å². The zero-order valence-electron chi connectivity index (χ0n) is 10.1. The number of thiazole rings is 1. The van der Waals surface area contributed by atoms with E-state index in [9.17, 15) is 0 Å². The van der Waals surface area contributed by atoms with Crippen molar-refractivity contribution in [3.63, 3.8) is 0 Å². The first-order valence-electron chi connectivity index (χ1n) is 5.71. The van der Waals surface area contributed by atoms with Crippen molar-refractivity contribution in [3.8, 4) is 0 Å². The quantitative estimate of drug-likeness (QED) is 0.850. The fourth-order valence-corrected chi connectivity index (χ4v) is 3.19. The van der Waals surface area contributed by atoms with Crippen LogP contribution in [0.4, 0.5) is 0 Å². The predicted octanol–water partition coefficient (Wildman–Crippen LogP) is 3.04. The Morgan fingerprint density at radius 3 is 2.60 bits per heavy atom. The van der Waals surface area contributed by atoms with Crippen molar-refractivity contribution in [1.29, 1.82) is 0 Å². The summed E-state index contributed by atoms with van der Waals surface area (Å²) >= 11 is 1.91. The van der Waals surface area contributed by atoms with Crippen molar-refractivity contribution in [2.24, 2.45) is 0 Å². The van der Waals surface area contributed by atoms with Crippen LogP contribution in [0.3, 0.4) is 0 Å². The van der Waals surface area contributed by atoms with Crippen LogP contribution in [0.5, 0.6) is 0 Å². The molecule has 2 rings (SSSR count). The van der Waals surface area contributed by atoms with E-state index in [1.54, 1.807) is 0 Å². The summed E-state index contributed by atoms with van der Waals surface area (Å²) in [5.41, 5.74) is 1.72. The molecule has 0 bridgehead atoms. The number of nitrogens with zero attached hydrogens (tertiary/aromatic N) is 1. The monoisotopic (exact) mass is 224 g/mol. The molecule has 3 heteroatoms. The Labute approximate surface area is 96.1 Å². The van der Waals surface area contributed by atoms with E-state index in [4.69, 9.17) is 4.98 Å². The third-order valence-electron chi connectivity index (χ3n) is 3.13. The smallest absolute Gasteiger partial charge is 0.0990 e. The van der Waals surface area contributed by atoms with Crippen molar-refractivity contribution in [2.75, 3.05) is 7.05 Å². The predicted molar refractivity (Wildman–Crippen MR) is 65.6 cm³/mol. The summed E-state index contributed by atoms with van der Waals surface area (Å²) in [4.78, 5) is 6.27. The molecule has 2 nitrogen and oxygen atoms in total. The Morgan fingerprint density at radius 1 is 1.47 bits per heavy atom. The van der Waals surface area contributed by atoms with E-state index in [-0.39, 0.29) is 0 Å². The molecule has 0 atom stereocenters. The van der Waals surface area contributed by atoms with Crippen molar-refractivity contribution in [1.82, 2.24) is 10.3 Å². The summed E-state index contributed by atoms with van der Waals surface area (Å²) in [6.45, 7) is 7.75. The Bertz CT molecular complexity index is 351. The summed E-state index contributed by atoms with van der Waals surface area (Å²) < 4.78 is 0. The normalized spacial score (nSPS) is 18.5. The topological polar surface area (TPSA) is 24.9 Å². The van der Waals surface area contributed by atoms with Gasteiger partial charge in [-0.05, 0) is 25.8 Å². The molecule has 0 saturated heterocycles. The second kappa shape index (κ2) is 3.87. The molecule has 1 aliphatic rings. The average Bonchev–Trinajstić information content (AvgIpc) is 2.78. The molecule has 1 saturated carbocycles. The van der Waals surface area contributed by atoms with Crippen LogP contribution >= 0.6 is 11.3 Å². The fraction of sp³-hybridized carbons (Fsp3) is 0.750. The molecule has 0 spiro atoms. The maximum absolute atomic E-state index is 4.84. The lowest BCUT2D eigenvalue weighted by Gasteiger charge is -2.04. The number of hydrogen-bond donors (Lipinski definition) is 1. The first-order chi connectivity index (χ1) is 7.07. The Balaban J connectivity index is 2.31. The highest BCUT2D eigenvalue weighted by atomic mass is 32.1. The molecule has 1 aliphatic carbocycles. The highest BCUT2D eigenvalue weighted by Gasteiger charge is 2.42. The van der Waals surface area contributed by atoms with Crippen LogP contribution in [0.15, 0.2) is 0 Å². The molecular formula is C12H20N2S. The van der Waals surface area contributed by atoms with Gasteiger partial charge in [-0.2, -0.15) is 0 Å². The Kier molecular flexibility index (Phi) is 2.86. The van der Waals surface area contributed by atoms with Gasteiger partial charge < -0.3 is 5.32 Å². The number of nitrogens with one attached hydrogen (secondary N) is 1. The minimum absolute atomic E-state index is 0.417. The zero-order valence-corrected chi connectivity index (χ0v) is 10.9. The van der Waals surface area contributed by atoms with Crippen LogP contribution in [0, 0.1) is 0 Å². The molecule has 1 fully saturated rings. The third-order valence-corrected chi connectivity index (χ3v) is 4.51. The minimum Gasteiger partial charge on any atom is -0.315 e. The molecule has 0 radical (unpaired) electrons. The van der Waals surface area contributed by atoms with Crippen molar-refractivity contribution in [3.05, 3.63) is 15.6 Å². The van der Waals surface area contributed by atoms with Crippen LogP contribution in [0.2, 0.25) is 0 Å². The standard InChI is InChI=1S/C12H20N2S/c1-8(2)10-9(7-13-4)15-11(14-10)12(3)5-6-12/h8,13H,5-7H2,1-4H3. The average molecular weight is 224 g/mol. The Hall–Kier alpha value is -0.410. The van der Waals surface area contributed by atoms with E-state index >= 15 is 0 Å². The van der Waals surface area contributed by atoms with Gasteiger partial charge in [-0.3, -0.25) is 0 Å². The summed E-state index contributed by atoms with van der Waals surface area (Å²) in [6, 6.07) is 0.